The summed E-state index contributed by atoms with van der Waals surface area (Å²) < 4.78 is 5.09. The number of ether oxygens (including phenoxy) is 1. The molecule has 188 valence electrons. The van der Waals surface area contributed by atoms with E-state index >= 15 is 0 Å². The van der Waals surface area contributed by atoms with E-state index in [-0.39, 0.29) is 11.4 Å². The lowest BCUT2D eigenvalue weighted by Gasteiger charge is -2.71. The zero-order valence-electron chi connectivity index (χ0n) is 23.1. The van der Waals surface area contributed by atoms with Crippen LogP contribution in [0.2, 0.25) is 0 Å². The zero-order valence-corrected chi connectivity index (χ0v) is 23.1. The van der Waals surface area contributed by atoms with E-state index in [0.717, 1.165) is 24.2 Å². The SMILES string of the molecule is C=C(C)C1CCC2(C)CCC3(C)C(CCC4C(C)(CCC(=O)OC)C(C(C)C)CCC43C)C12. The quantitative estimate of drug-likeness (QED) is 0.306. The highest BCUT2D eigenvalue weighted by Crippen LogP contribution is 2.76. The molecule has 0 saturated heterocycles. The van der Waals surface area contributed by atoms with Crippen LogP contribution >= 0.6 is 0 Å². The van der Waals surface area contributed by atoms with E-state index in [1.165, 1.54) is 56.9 Å². The summed E-state index contributed by atoms with van der Waals surface area (Å²) in [6, 6.07) is 0. The molecule has 4 saturated carbocycles. The van der Waals surface area contributed by atoms with E-state index in [1.54, 1.807) is 7.11 Å². The first-order valence-electron chi connectivity index (χ1n) is 14.1. The molecule has 0 aromatic heterocycles. The van der Waals surface area contributed by atoms with Gasteiger partial charge in [0.25, 0.3) is 0 Å². The molecule has 9 unspecified atom stereocenters. The second kappa shape index (κ2) is 8.41. The Morgan fingerprint density at radius 2 is 1.67 bits per heavy atom. The molecule has 4 fully saturated rings. The van der Waals surface area contributed by atoms with Gasteiger partial charge in [0.15, 0.2) is 0 Å². The fourth-order valence-corrected chi connectivity index (χ4v) is 10.8. The van der Waals surface area contributed by atoms with E-state index < -0.39 is 0 Å². The van der Waals surface area contributed by atoms with E-state index in [2.05, 4.69) is 55.0 Å². The topological polar surface area (TPSA) is 26.3 Å². The third-order valence-corrected chi connectivity index (χ3v) is 12.7. The third-order valence-electron chi connectivity index (χ3n) is 12.7. The van der Waals surface area contributed by atoms with Crippen molar-refractivity contribution in [3.05, 3.63) is 12.2 Å². The summed E-state index contributed by atoms with van der Waals surface area (Å²) in [5, 5.41) is 0. The molecule has 9 atom stereocenters. The molecule has 0 radical (unpaired) electrons. The van der Waals surface area contributed by atoms with Gasteiger partial charge in [0.2, 0.25) is 0 Å². The third kappa shape index (κ3) is 3.58. The first-order chi connectivity index (χ1) is 15.3. The first kappa shape index (κ1) is 25.3. The molecule has 2 nitrogen and oxygen atoms in total. The molecule has 0 aliphatic heterocycles. The molecular formula is C31H52O2. The summed E-state index contributed by atoms with van der Waals surface area (Å²) in [7, 11) is 1.54. The van der Waals surface area contributed by atoms with E-state index in [1.807, 2.05) is 0 Å². The highest BCUT2D eigenvalue weighted by Gasteiger charge is 2.68. The number of allylic oxidation sites excluding steroid dienone is 1. The van der Waals surface area contributed by atoms with Crippen molar-refractivity contribution in [2.75, 3.05) is 7.11 Å². The number of fused-ring (bicyclic) bond motifs is 5. The maximum atomic E-state index is 12.2. The summed E-state index contributed by atoms with van der Waals surface area (Å²) in [6.45, 7) is 22.2. The smallest absolute Gasteiger partial charge is 0.305 e. The molecule has 0 bridgehead atoms. The van der Waals surface area contributed by atoms with Gasteiger partial charge in [0.05, 0.1) is 7.11 Å². The average molecular weight is 457 g/mol. The number of carbonyl (C=O) groups is 1. The fraction of sp³-hybridized carbons (Fsp3) is 0.903. The Bertz CT molecular complexity index is 784. The van der Waals surface area contributed by atoms with E-state index in [9.17, 15) is 4.79 Å². The van der Waals surface area contributed by atoms with Crippen LogP contribution in [0.4, 0.5) is 0 Å². The van der Waals surface area contributed by atoms with Crippen LogP contribution in [-0.4, -0.2) is 13.1 Å². The Labute approximate surface area is 204 Å². The summed E-state index contributed by atoms with van der Waals surface area (Å²) >= 11 is 0. The van der Waals surface area contributed by atoms with Gasteiger partial charge >= 0.3 is 5.97 Å². The molecule has 0 heterocycles. The Balaban J connectivity index is 1.72. The second-order valence-corrected chi connectivity index (χ2v) is 14.2. The minimum Gasteiger partial charge on any atom is -0.469 e. The molecule has 33 heavy (non-hydrogen) atoms. The van der Waals surface area contributed by atoms with E-state index in [0.29, 0.717) is 40.4 Å². The largest absolute Gasteiger partial charge is 0.469 e. The normalized spacial score (nSPS) is 49.2. The van der Waals surface area contributed by atoms with Gasteiger partial charge in [-0.3, -0.25) is 4.79 Å². The Kier molecular flexibility index (Phi) is 6.45. The number of carbonyl (C=O) groups excluding carboxylic acids is 1. The lowest BCUT2D eigenvalue weighted by Crippen LogP contribution is -2.64. The fourth-order valence-electron chi connectivity index (χ4n) is 10.8. The van der Waals surface area contributed by atoms with Crippen molar-refractivity contribution in [1.82, 2.24) is 0 Å². The Morgan fingerprint density at radius 3 is 2.27 bits per heavy atom. The Hall–Kier alpha value is -0.790. The zero-order chi connectivity index (χ0) is 24.4. The van der Waals surface area contributed by atoms with Gasteiger partial charge in [-0.2, -0.15) is 0 Å². The van der Waals surface area contributed by atoms with Crippen molar-refractivity contribution < 1.29 is 9.53 Å². The van der Waals surface area contributed by atoms with Crippen molar-refractivity contribution in [2.45, 2.75) is 113 Å². The first-order valence-corrected chi connectivity index (χ1v) is 14.1. The average Bonchev–Trinajstić information content (AvgIpc) is 3.10. The van der Waals surface area contributed by atoms with Crippen LogP contribution in [-0.2, 0) is 9.53 Å². The number of esters is 1. The molecule has 0 N–H and O–H groups in total. The molecule has 2 heteroatoms. The van der Waals surface area contributed by atoms with Gasteiger partial charge < -0.3 is 4.74 Å². The van der Waals surface area contributed by atoms with Gasteiger partial charge in [-0.25, -0.2) is 0 Å². The van der Waals surface area contributed by atoms with Gasteiger partial charge in [0, 0.05) is 6.42 Å². The highest BCUT2D eigenvalue weighted by atomic mass is 16.5. The van der Waals surface area contributed by atoms with Gasteiger partial charge in [-0.1, -0.05) is 53.7 Å². The van der Waals surface area contributed by atoms with Crippen molar-refractivity contribution in [3.63, 3.8) is 0 Å². The highest BCUT2D eigenvalue weighted by molar-refractivity contribution is 5.69. The molecular weight excluding hydrogens is 404 g/mol. The molecule has 0 aromatic carbocycles. The molecule has 4 rings (SSSR count). The van der Waals surface area contributed by atoms with Crippen LogP contribution in [0.5, 0.6) is 0 Å². The minimum atomic E-state index is -0.0328. The molecule has 0 amide bonds. The maximum Gasteiger partial charge on any atom is 0.305 e. The van der Waals surface area contributed by atoms with Gasteiger partial charge in [0.1, 0.15) is 0 Å². The van der Waals surface area contributed by atoms with Crippen molar-refractivity contribution in [3.8, 4) is 0 Å². The standard InChI is InChI=1S/C31H52O2/c1-20(2)22-12-15-28(5)18-19-30(7)24(27(22)28)10-11-25-29(6,16-14-26(32)33-9)23(21(3)4)13-17-31(25,30)8/h21-25,27H,1,10-19H2,2-9H3. The van der Waals surface area contributed by atoms with Crippen LogP contribution in [0.3, 0.4) is 0 Å². The molecule has 0 spiro atoms. The van der Waals surface area contributed by atoms with Crippen molar-refractivity contribution in [2.24, 2.45) is 57.2 Å². The summed E-state index contributed by atoms with van der Waals surface area (Å²) in [5.74, 6) is 4.39. The number of rotatable bonds is 5. The van der Waals surface area contributed by atoms with Crippen LogP contribution in [0.1, 0.15) is 113 Å². The predicted octanol–water partition coefficient (Wildman–Crippen LogP) is 8.45. The number of hydrogen-bond donors (Lipinski definition) is 0. The molecule has 0 aromatic rings. The second-order valence-electron chi connectivity index (χ2n) is 14.2. The minimum absolute atomic E-state index is 0.0328. The van der Waals surface area contributed by atoms with Crippen LogP contribution in [0.25, 0.3) is 0 Å². The monoisotopic (exact) mass is 456 g/mol. The van der Waals surface area contributed by atoms with Gasteiger partial charge in [-0.15, -0.1) is 0 Å². The summed E-state index contributed by atoms with van der Waals surface area (Å²) in [4.78, 5) is 12.2. The summed E-state index contributed by atoms with van der Waals surface area (Å²) in [6.07, 6.45) is 12.5. The van der Waals surface area contributed by atoms with Crippen molar-refractivity contribution in [1.29, 1.82) is 0 Å². The lowest BCUT2D eigenvalue weighted by molar-refractivity contribution is -0.221. The molecule has 4 aliphatic rings. The van der Waals surface area contributed by atoms with Gasteiger partial charge in [-0.05, 0) is 122 Å². The van der Waals surface area contributed by atoms with Crippen LogP contribution in [0.15, 0.2) is 12.2 Å². The van der Waals surface area contributed by atoms with Crippen LogP contribution < -0.4 is 0 Å². The van der Waals surface area contributed by atoms with E-state index in [4.69, 9.17) is 4.74 Å². The molecule has 4 aliphatic carbocycles. The lowest BCUT2D eigenvalue weighted by atomic mass is 9.34. The predicted molar refractivity (Wildman–Crippen MR) is 138 cm³/mol. The number of methoxy groups -OCH3 is 1. The van der Waals surface area contributed by atoms with Crippen molar-refractivity contribution >= 4 is 5.97 Å². The maximum absolute atomic E-state index is 12.2. The Morgan fingerprint density at radius 1 is 0.970 bits per heavy atom. The van der Waals surface area contributed by atoms with Crippen LogP contribution in [0, 0.1) is 57.2 Å². The summed E-state index contributed by atoms with van der Waals surface area (Å²) in [5.41, 5.74) is 2.92. The number of hydrogen-bond acceptors (Lipinski definition) is 2.